The van der Waals surface area contributed by atoms with Crippen molar-refractivity contribution in [1.29, 1.82) is 0 Å². The summed E-state index contributed by atoms with van der Waals surface area (Å²) in [4.78, 5) is 144. The van der Waals surface area contributed by atoms with Gasteiger partial charge in [-0.2, -0.15) is 0 Å². The molecule has 27 heteroatoms. The zero-order chi connectivity index (χ0) is 48.1. The summed E-state index contributed by atoms with van der Waals surface area (Å²) in [6.07, 6.45) is -2.24. The van der Waals surface area contributed by atoms with E-state index in [1.807, 2.05) is 0 Å². The lowest BCUT2D eigenvalue weighted by molar-refractivity contribution is -0.146. The summed E-state index contributed by atoms with van der Waals surface area (Å²) in [5.41, 5.74) is 21.3. The Kier molecular flexibility index (Phi) is 23.0. The zero-order valence-electron chi connectivity index (χ0n) is 35.2. The molecule has 1 aliphatic rings. The summed E-state index contributed by atoms with van der Waals surface area (Å²) in [6.45, 7) is 3.52. The van der Waals surface area contributed by atoms with Gasteiger partial charge in [0.2, 0.25) is 47.3 Å². The Hall–Kier alpha value is -6.64. The summed E-state index contributed by atoms with van der Waals surface area (Å²) in [7, 11) is 0. The molecule has 8 amide bonds. The molecule has 0 aromatic rings. The summed E-state index contributed by atoms with van der Waals surface area (Å²) in [5, 5.41) is 51.9. The van der Waals surface area contributed by atoms with E-state index in [2.05, 4.69) is 36.9 Å². The Morgan fingerprint density at radius 2 is 1.24 bits per heavy atom. The molecule has 18 N–H and O–H groups in total. The molecule has 1 saturated heterocycles. The molecule has 0 spiro atoms. The minimum atomic E-state index is -1.89. The number of hydrogen-bond acceptors (Lipinski definition) is 14. The number of likely N-dealkylation sites (tertiary alicyclic amines) is 1. The number of hydrogen-bond donors (Lipinski definition) is 14. The average Bonchev–Trinajstić information content (AvgIpc) is 3.68. The molecule has 27 nitrogen and oxygen atoms in total. The first-order valence-electron chi connectivity index (χ1n) is 19.9. The maximum absolute atomic E-state index is 13.9. The number of aliphatic hydroxyl groups excluding tert-OH is 1. The molecule has 0 aromatic carbocycles. The molecular weight excluding hydrogens is 840 g/mol. The lowest BCUT2D eigenvalue weighted by Gasteiger charge is -2.30. The normalized spacial score (nSPS) is 16.7. The Morgan fingerprint density at radius 1 is 0.683 bits per heavy atom. The molecule has 0 radical (unpaired) electrons. The minimum Gasteiger partial charge on any atom is -0.481 e. The molecule has 0 unspecified atom stereocenters. The number of aliphatic imine (C=N–C) groups is 1. The number of aliphatic hydroxyl groups is 1. The maximum Gasteiger partial charge on any atom is 0.326 e. The zero-order valence-corrected chi connectivity index (χ0v) is 35.2. The fourth-order valence-corrected chi connectivity index (χ4v) is 6.14. The van der Waals surface area contributed by atoms with Gasteiger partial charge in [-0.25, -0.2) is 4.79 Å². The number of nitrogens with zero attached hydrogens (tertiary/aromatic N) is 2. The standard InChI is InChI=1S/C36H60N12O15/c1-16(2)12-21(31(58)44-20(35(62)63)6-4-10-41-36(39)40)45-33(60)24-7-5-11-48(24)34(61)22(14-27(53)54)46-32(59)23(15-49)47-30(57)19(8-9-25(38)50)43-28(55)17(3)42-29(56)18(37)13-26(51)52/h16-24,49H,4-15,37H2,1-3H3,(H2,38,50)(H,42,56)(H,43,55)(H,44,58)(H,45,60)(H,46,59)(H,47,57)(H,51,52)(H,53,54)(H,62,63)(H4,39,40,41)/t17-,18-,19-,20-,21-,22-,23-,24-/m0/s1. The van der Waals surface area contributed by atoms with Crippen LogP contribution in [0, 0.1) is 5.92 Å². The van der Waals surface area contributed by atoms with Crippen LogP contribution >= 0.6 is 0 Å². The molecule has 1 heterocycles. The van der Waals surface area contributed by atoms with Gasteiger partial charge in [-0.3, -0.25) is 52.9 Å². The molecular formula is C36H60N12O15. The first-order chi connectivity index (χ1) is 29.4. The smallest absolute Gasteiger partial charge is 0.326 e. The van der Waals surface area contributed by atoms with Gasteiger partial charge in [-0.05, 0) is 51.4 Å². The second-order valence-corrected chi connectivity index (χ2v) is 15.1. The number of carbonyl (C=O) groups excluding carboxylic acids is 8. The number of primary amides is 1. The Morgan fingerprint density at radius 3 is 1.78 bits per heavy atom. The first-order valence-corrected chi connectivity index (χ1v) is 19.9. The average molecular weight is 901 g/mol. The number of rotatable bonds is 28. The molecule has 1 fully saturated rings. The highest BCUT2D eigenvalue weighted by Crippen LogP contribution is 2.20. The lowest BCUT2D eigenvalue weighted by Crippen LogP contribution is -2.60. The summed E-state index contributed by atoms with van der Waals surface area (Å²) >= 11 is 0. The highest BCUT2D eigenvalue weighted by Gasteiger charge is 2.41. The second-order valence-electron chi connectivity index (χ2n) is 15.1. The van der Waals surface area contributed by atoms with Crippen molar-refractivity contribution in [1.82, 2.24) is 36.8 Å². The van der Waals surface area contributed by atoms with Crippen LogP contribution in [-0.2, 0) is 52.7 Å². The number of guanidine groups is 1. The van der Waals surface area contributed by atoms with E-state index in [1.54, 1.807) is 13.8 Å². The molecule has 1 aliphatic heterocycles. The minimum absolute atomic E-state index is 0.0506. The number of carboxylic acid groups (broad SMARTS) is 3. The van der Waals surface area contributed by atoms with E-state index in [0.717, 1.165) is 4.90 Å². The summed E-state index contributed by atoms with van der Waals surface area (Å²) in [6, 6.07) is -12.2. The third kappa shape index (κ3) is 19.7. The molecule has 63 heavy (non-hydrogen) atoms. The molecule has 0 bridgehead atoms. The Bertz CT molecular complexity index is 1720. The Labute approximate surface area is 361 Å². The van der Waals surface area contributed by atoms with Crippen LogP contribution in [-0.4, -0.2) is 164 Å². The van der Waals surface area contributed by atoms with Crippen molar-refractivity contribution < 1.29 is 73.2 Å². The van der Waals surface area contributed by atoms with Crippen molar-refractivity contribution in [3.8, 4) is 0 Å². The van der Waals surface area contributed by atoms with Crippen LogP contribution in [0.4, 0.5) is 0 Å². The van der Waals surface area contributed by atoms with Crippen LogP contribution in [0.5, 0.6) is 0 Å². The number of carbonyl (C=O) groups is 11. The molecule has 1 rings (SSSR count). The molecule has 0 aromatic heterocycles. The van der Waals surface area contributed by atoms with Gasteiger partial charge in [0.1, 0.15) is 42.3 Å². The van der Waals surface area contributed by atoms with E-state index < -0.39 is 146 Å². The number of amides is 8. The predicted octanol–water partition coefficient (Wildman–Crippen LogP) is -6.38. The van der Waals surface area contributed by atoms with E-state index in [1.165, 1.54) is 6.92 Å². The van der Waals surface area contributed by atoms with Crippen molar-refractivity contribution in [2.75, 3.05) is 19.7 Å². The van der Waals surface area contributed by atoms with Gasteiger partial charge >= 0.3 is 17.9 Å². The van der Waals surface area contributed by atoms with Gasteiger partial charge in [0, 0.05) is 19.5 Å². The quantitative estimate of drug-likeness (QED) is 0.0197. The molecule has 0 saturated carbocycles. The van der Waals surface area contributed by atoms with Crippen molar-refractivity contribution in [3.63, 3.8) is 0 Å². The van der Waals surface area contributed by atoms with Gasteiger partial charge in [0.15, 0.2) is 5.96 Å². The second kappa shape index (κ2) is 26.6. The summed E-state index contributed by atoms with van der Waals surface area (Å²) in [5.74, 6) is -12.8. The van der Waals surface area contributed by atoms with Crippen molar-refractivity contribution in [2.24, 2.45) is 33.8 Å². The Balaban J connectivity index is 3.20. The van der Waals surface area contributed by atoms with Crippen LogP contribution in [0.2, 0.25) is 0 Å². The van der Waals surface area contributed by atoms with Crippen LogP contribution in [0.25, 0.3) is 0 Å². The topological polar surface area (TPSA) is 461 Å². The van der Waals surface area contributed by atoms with E-state index in [0.29, 0.717) is 0 Å². The van der Waals surface area contributed by atoms with Crippen LogP contribution in [0.3, 0.4) is 0 Å². The lowest BCUT2D eigenvalue weighted by atomic mass is 10.0. The van der Waals surface area contributed by atoms with Crippen molar-refractivity contribution in [3.05, 3.63) is 0 Å². The van der Waals surface area contributed by atoms with Gasteiger partial charge in [-0.1, -0.05) is 13.8 Å². The highest BCUT2D eigenvalue weighted by atomic mass is 16.4. The van der Waals surface area contributed by atoms with Crippen molar-refractivity contribution in [2.45, 2.75) is 127 Å². The number of aliphatic carboxylic acids is 3. The number of nitrogens with two attached hydrogens (primary N) is 4. The van der Waals surface area contributed by atoms with Gasteiger partial charge in [0.05, 0.1) is 25.5 Å². The van der Waals surface area contributed by atoms with E-state index >= 15 is 0 Å². The monoisotopic (exact) mass is 900 g/mol. The molecule has 354 valence electrons. The third-order valence-electron chi connectivity index (χ3n) is 9.34. The van der Waals surface area contributed by atoms with E-state index in [-0.39, 0.29) is 57.1 Å². The van der Waals surface area contributed by atoms with E-state index in [4.69, 9.17) is 28.0 Å². The first kappa shape index (κ1) is 54.4. The largest absolute Gasteiger partial charge is 0.481 e. The maximum atomic E-state index is 13.9. The third-order valence-corrected chi connectivity index (χ3v) is 9.34. The SMILES string of the molecule is CC(C)C[C@H](NC(=O)[C@@H]1CCCN1C(=O)[C@H](CC(=O)O)NC(=O)[C@H](CO)NC(=O)[C@H](CCC(N)=O)NC(=O)[C@H](C)NC(=O)[C@@H](N)CC(=O)O)C(=O)N[C@@H](CCCN=C(N)N)C(=O)O. The van der Waals surface area contributed by atoms with Crippen LogP contribution in [0.1, 0.15) is 78.6 Å². The fraction of sp³-hybridized carbons (Fsp3) is 0.667. The highest BCUT2D eigenvalue weighted by molar-refractivity contribution is 5.99. The van der Waals surface area contributed by atoms with Crippen LogP contribution in [0.15, 0.2) is 4.99 Å². The summed E-state index contributed by atoms with van der Waals surface area (Å²) < 4.78 is 0. The van der Waals surface area contributed by atoms with Crippen LogP contribution < -0.4 is 54.8 Å². The fourth-order valence-electron chi connectivity index (χ4n) is 6.14. The molecule has 8 atom stereocenters. The predicted molar refractivity (Wildman–Crippen MR) is 217 cm³/mol. The number of nitrogens with one attached hydrogen (secondary N) is 6. The van der Waals surface area contributed by atoms with E-state index in [9.17, 15) is 68.1 Å². The van der Waals surface area contributed by atoms with Crippen molar-refractivity contribution >= 4 is 71.1 Å². The molecule has 0 aliphatic carbocycles. The number of carboxylic acids is 3. The van der Waals surface area contributed by atoms with Gasteiger partial charge < -0.3 is 80.2 Å². The van der Waals surface area contributed by atoms with Gasteiger partial charge in [0.25, 0.3) is 0 Å². The van der Waals surface area contributed by atoms with Gasteiger partial charge in [-0.15, -0.1) is 0 Å².